The van der Waals surface area contributed by atoms with E-state index in [2.05, 4.69) is 19.9 Å². The van der Waals surface area contributed by atoms with Gasteiger partial charge < -0.3 is 10.2 Å². The zero-order valence-corrected chi connectivity index (χ0v) is 10.4. The first-order valence-electron chi connectivity index (χ1n) is 5.80. The van der Waals surface area contributed by atoms with Crippen LogP contribution in [0.1, 0.15) is 36.5 Å². The molecule has 1 aromatic heterocycles. The van der Waals surface area contributed by atoms with Crippen LogP contribution in [0.25, 0.3) is 11.0 Å². The van der Waals surface area contributed by atoms with Gasteiger partial charge in [-0.3, -0.25) is 0 Å². The molecule has 0 aliphatic rings. The minimum atomic E-state index is -0.338. The van der Waals surface area contributed by atoms with E-state index in [0.29, 0.717) is 18.0 Å². The molecule has 3 heteroatoms. The Kier molecular flexibility index (Phi) is 3.03. The SMILES string of the molecule is Cc1cc2oc(=O)cc(CN)c2cc1C(C)C. The van der Waals surface area contributed by atoms with Crippen molar-refractivity contribution in [2.75, 3.05) is 0 Å². The van der Waals surface area contributed by atoms with Gasteiger partial charge in [-0.2, -0.15) is 0 Å². The topological polar surface area (TPSA) is 56.2 Å². The maximum Gasteiger partial charge on any atom is 0.336 e. The second-order valence-electron chi connectivity index (χ2n) is 4.65. The van der Waals surface area contributed by atoms with Gasteiger partial charge in [-0.05, 0) is 41.7 Å². The fourth-order valence-corrected chi connectivity index (χ4v) is 2.18. The van der Waals surface area contributed by atoms with Crippen molar-refractivity contribution in [3.8, 4) is 0 Å². The van der Waals surface area contributed by atoms with Crippen LogP contribution in [0, 0.1) is 6.92 Å². The lowest BCUT2D eigenvalue weighted by molar-refractivity contribution is 0.558. The van der Waals surface area contributed by atoms with E-state index in [0.717, 1.165) is 16.5 Å². The molecule has 1 aromatic carbocycles. The highest BCUT2D eigenvalue weighted by Gasteiger charge is 2.10. The highest BCUT2D eigenvalue weighted by atomic mass is 16.4. The van der Waals surface area contributed by atoms with Crippen molar-refractivity contribution in [1.82, 2.24) is 0 Å². The van der Waals surface area contributed by atoms with Crippen molar-refractivity contribution in [3.05, 3.63) is 45.3 Å². The summed E-state index contributed by atoms with van der Waals surface area (Å²) in [4.78, 5) is 11.4. The monoisotopic (exact) mass is 231 g/mol. The molecule has 0 bridgehead atoms. The van der Waals surface area contributed by atoms with Gasteiger partial charge in [0.05, 0.1) is 0 Å². The van der Waals surface area contributed by atoms with Crippen molar-refractivity contribution in [2.45, 2.75) is 33.2 Å². The van der Waals surface area contributed by atoms with Gasteiger partial charge in [-0.1, -0.05) is 13.8 Å². The van der Waals surface area contributed by atoms with Gasteiger partial charge in [-0.15, -0.1) is 0 Å². The van der Waals surface area contributed by atoms with Crippen LogP contribution in [-0.4, -0.2) is 0 Å². The van der Waals surface area contributed by atoms with Crippen molar-refractivity contribution >= 4 is 11.0 Å². The Morgan fingerprint density at radius 2 is 2.00 bits per heavy atom. The summed E-state index contributed by atoms with van der Waals surface area (Å²) in [5.74, 6) is 0.442. The Bertz CT molecular complexity index is 611. The predicted octanol–water partition coefficient (Wildman–Crippen LogP) is 2.68. The molecule has 0 saturated heterocycles. The van der Waals surface area contributed by atoms with Crippen molar-refractivity contribution in [2.24, 2.45) is 5.73 Å². The predicted molar refractivity (Wildman–Crippen MR) is 69.2 cm³/mol. The summed E-state index contributed by atoms with van der Waals surface area (Å²) in [5.41, 5.74) is 9.21. The normalized spacial score (nSPS) is 11.4. The van der Waals surface area contributed by atoms with Crippen LogP contribution >= 0.6 is 0 Å². The first kappa shape index (κ1) is 11.9. The van der Waals surface area contributed by atoms with Crippen LogP contribution in [0.15, 0.2) is 27.4 Å². The molecule has 0 radical (unpaired) electrons. The number of aryl methyl sites for hydroxylation is 1. The first-order valence-corrected chi connectivity index (χ1v) is 5.80. The van der Waals surface area contributed by atoms with Crippen LogP contribution in [0.2, 0.25) is 0 Å². The maximum absolute atomic E-state index is 11.4. The fourth-order valence-electron chi connectivity index (χ4n) is 2.18. The largest absolute Gasteiger partial charge is 0.423 e. The molecule has 17 heavy (non-hydrogen) atoms. The number of hydrogen-bond donors (Lipinski definition) is 1. The summed E-state index contributed by atoms with van der Waals surface area (Å²) in [7, 11) is 0. The third-order valence-corrected chi connectivity index (χ3v) is 3.06. The van der Waals surface area contributed by atoms with Gasteiger partial charge in [0.15, 0.2) is 0 Å². The molecular weight excluding hydrogens is 214 g/mol. The Balaban J connectivity index is 2.83. The average Bonchev–Trinajstić information content (AvgIpc) is 2.26. The van der Waals surface area contributed by atoms with Crippen molar-refractivity contribution in [3.63, 3.8) is 0 Å². The highest BCUT2D eigenvalue weighted by molar-refractivity contribution is 5.82. The standard InChI is InChI=1S/C14H17NO2/c1-8(2)11-6-12-10(7-15)5-14(16)17-13(12)4-9(11)3/h4-6,8H,7,15H2,1-3H3. The van der Waals surface area contributed by atoms with E-state index in [4.69, 9.17) is 10.2 Å². The van der Waals surface area contributed by atoms with E-state index in [1.54, 1.807) is 0 Å². The second-order valence-corrected chi connectivity index (χ2v) is 4.65. The third-order valence-electron chi connectivity index (χ3n) is 3.06. The Hall–Kier alpha value is -1.61. The van der Waals surface area contributed by atoms with Gasteiger partial charge >= 0.3 is 5.63 Å². The Morgan fingerprint density at radius 1 is 1.29 bits per heavy atom. The molecule has 0 spiro atoms. The van der Waals surface area contributed by atoms with Crippen LogP contribution in [0.3, 0.4) is 0 Å². The van der Waals surface area contributed by atoms with E-state index in [1.807, 2.05) is 13.0 Å². The van der Waals surface area contributed by atoms with E-state index in [-0.39, 0.29) is 5.63 Å². The van der Waals surface area contributed by atoms with Gasteiger partial charge in [0.1, 0.15) is 5.58 Å². The van der Waals surface area contributed by atoms with Gasteiger partial charge in [0.25, 0.3) is 0 Å². The summed E-state index contributed by atoms with van der Waals surface area (Å²) in [5, 5.41) is 0.946. The summed E-state index contributed by atoms with van der Waals surface area (Å²) in [6, 6.07) is 5.48. The molecule has 0 atom stereocenters. The quantitative estimate of drug-likeness (QED) is 0.808. The Morgan fingerprint density at radius 3 is 2.59 bits per heavy atom. The lowest BCUT2D eigenvalue weighted by atomic mass is 9.95. The average molecular weight is 231 g/mol. The third kappa shape index (κ3) is 2.11. The number of nitrogens with two attached hydrogens (primary N) is 1. The molecule has 3 nitrogen and oxygen atoms in total. The molecular formula is C14H17NO2. The highest BCUT2D eigenvalue weighted by Crippen LogP contribution is 2.26. The molecule has 2 rings (SSSR count). The smallest absolute Gasteiger partial charge is 0.336 e. The summed E-state index contributed by atoms with van der Waals surface area (Å²) in [6.07, 6.45) is 0. The fraction of sp³-hybridized carbons (Fsp3) is 0.357. The van der Waals surface area contributed by atoms with Crippen molar-refractivity contribution in [1.29, 1.82) is 0 Å². The molecule has 0 fully saturated rings. The molecule has 0 aliphatic carbocycles. The first-order chi connectivity index (χ1) is 8.02. The van der Waals surface area contributed by atoms with E-state index < -0.39 is 0 Å². The molecule has 0 aliphatic heterocycles. The molecule has 2 N–H and O–H groups in total. The molecule has 0 saturated carbocycles. The van der Waals surface area contributed by atoms with E-state index in [1.165, 1.54) is 11.6 Å². The zero-order chi connectivity index (χ0) is 12.6. The van der Waals surface area contributed by atoms with Crippen LogP contribution < -0.4 is 11.4 Å². The van der Waals surface area contributed by atoms with E-state index in [9.17, 15) is 4.79 Å². The molecule has 0 amide bonds. The minimum absolute atomic E-state index is 0.338. The summed E-state index contributed by atoms with van der Waals surface area (Å²) in [6.45, 7) is 6.68. The lowest BCUT2D eigenvalue weighted by Gasteiger charge is -2.12. The molecule has 1 heterocycles. The zero-order valence-electron chi connectivity index (χ0n) is 10.4. The summed E-state index contributed by atoms with van der Waals surface area (Å²) < 4.78 is 5.21. The number of benzene rings is 1. The van der Waals surface area contributed by atoms with Crippen molar-refractivity contribution < 1.29 is 4.42 Å². The van der Waals surface area contributed by atoms with Crippen LogP contribution in [-0.2, 0) is 6.54 Å². The van der Waals surface area contributed by atoms with Gasteiger partial charge in [0.2, 0.25) is 0 Å². The summed E-state index contributed by atoms with van der Waals surface area (Å²) >= 11 is 0. The van der Waals surface area contributed by atoms with E-state index >= 15 is 0 Å². The second kappa shape index (κ2) is 4.34. The minimum Gasteiger partial charge on any atom is -0.423 e. The van der Waals surface area contributed by atoms with Crippen LogP contribution in [0.4, 0.5) is 0 Å². The molecule has 90 valence electrons. The van der Waals surface area contributed by atoms with Gasteiger partial charge in [-0.25, -0.2) is 4.79 Å². The lowest BCUT2D eigenvalue weighted by Crippen LogP contribution is -2.06. The number of fused-ring (bicyclic) bond motifs is 1. The maximum atomic E-state index is 11.4. The number of rotatable bonds is 2. The Labute approximate surface area is 100 Å². The molecule has 0 unspecified atom stereocenters. The molecule has 2 aromatic rings. The van der Waals surface area contributed by atoms with Crippen LogP contribution in [0.5, 0.6) is 0 Å². The van der Waals surface area contributed by atoms with Gasteiger partial charge in [0, 0.05) is 18.0 Å². The number of hydrogen-bond acceptors (Lipinski definition) is 3.